The van der Waals surface area contributed by atoms with Gasteiger partial charge in [0.1, 0.15) is 17.2 Å². The van der Waals surface area contributed by atoms with Gasteiger partial charge in [-0.3, -0.25) is 0 Å². The van der Waals surface area contributed by atoms with Gasteiger partial charge in [-0.2, -0.15) is 0 Å². The molecule has 15 heavy (non-hydrogen) atoms. The third kappa shape index (κ3) is 1.35. The van der Waals surface area contributed by atoms with Crippen LogP contribution in [0, 0.1) is 5.82 Å². The van der Waals surface area contributed by atoms with Crippen molar-refractivity contribution < 1.29 is 8.81 Å². The molecule has 2 nitrogen and oxygen atoms in total. The predicted octanol–water partition coefficient (Wildman–Crippen LogP) is 2.26. The van der Waals surface area contributed by atoms with Crippen molar-refractivity contribution in [2.45, 2.75) is 12.8 Å². The van der Waals surface area contributed by atoms with Gasteiger partial charge in [0.15, 0.2) is 0 Å². The van der Waals surface area contributed by atoms with Crippen molar-refractivity contribution in [2.24, 2.45) is 0 Å². The Labute approximate surface area is 87.1 Å². The van der Waals surface area contributed by atoms with Crippen LogP contribution < -0.4 is 5.32 Å². The number of hydrogen-bond acceptors (Lipinski definition) is 2. The number of hydrogen-bond donors (Lipinski definition) is 1. The van der Waals surface area contributed by atoms with Crippen molar-refractivity contribution in [3.8, 4) is 0 Å². The topological polar surface area (TPSA) is 25.2 Å². The van der Waals surface area contributed by atoms with E-state index in [4.69, 9.17) is 4.42 Å². The molecule has 2 aromatic rings. The smallest absolute Gasteiger partial charge is 0.137 e. The summed E-state index contributed by atoms with van der Waals surface area (Å²) in [6.07, 6.45) is 1.70. The molecule has 0 amide bonds. The third-order valence-electron chi connectivity index (χ3n) is 2.93. The zero-order valence-electron chi connectivity index (χ0n) is 8.35. The molecule has 0 aliphatic carbocycles. The van der Waals surface area contributed by atoms with Crippen molar-refractivity contribution in [1.82, 2.24) is 5.32 Å². The van der Waals surface area contributed by atoms with E-state index in [1.54, 1.807) is 6.07 Å². The predicted molar refractivity (Wildman–Crippen MR) is 56.4 cm³/mol. The second kappa shape index (κ2) is 3.35. The normalized spacial score (nSPS) is 16.3. The first-order chi connectivity index (χ1) is 7.36. The third-order valence-corrected chi connectivity index (χ3v) is 2.93. The molecular weight excluding hydrogens is 193 g/mol. The van der Waals surface area contributed by atoms with Gasteiger partial charge < -0.3 is 9.73 Å². The maximum absolute atomic E-state index is 13.7. The summed E-state index contributed by atoms with van der Waals surface area (Å²) in [5, 5.41) is 3.96. The van der Waals surface area contributed by atoms with Crippen molar-refractivity contribution in [2.75, 3.05) is 13.1 Å². The highest BCUT2D eigenvalue weighted by Gasteiger charge is 2.18. The Morgan fingerprint density at radius 3 is 3.00 bits per heavy atom. The highest BCUT2D eigenvalue weighted by molar-refractivity contribution is 5.83. The number of benzene rings is 1. The summed E-state index contributed by atoms with van der Waals surface area (Å²) in [5.74, 6) is 0.777. The van der Waals surface area contributed by atoms with Gasteiger partial charge in [0.05, 0.1) is 5.39 Å². The Morgan fingerprint density at radius 2 is 2.07 bits per heavy atom. The Kier molecular flexibility index (Phi) is 1.99. The molecule has 3 heteroatoms. The van der Waals surface area contributed by atoms with Crippen LogP contribution in [0.25, 0.3) is 11.0 Å². The molecule has 1 aromatic heterocycles. The summed E-state index contributed by atoms with van der Waals surface area (Å²) in [6, 6.07) is 5.02. The van der Waals surface area contributed by atoms with Gasteiger partial charge in [0.2, 0.25) is 0 Å². The molecule has 1 aliphatic rings. The van der Waals surface area contributed by atoms with Gasteiger partial charge in [0, 0.05) is 18.5 Å². The maximum Gasteiger partial charge on any atom is 0.137 e. The lowest BCUT2D eigenvalue weighted by Gasteiger charge is -1.97. The summed E-state index contributed by atoms with van der Waals surface area (Å²) in [5.41, 5.74) is 1.73. The van der Waals surface area contributed by atoms with Crippen LogP contribution in [-0.2, 0) is 12.8 Å². The Bertz CT molecular complexity index is 504. The molecule has 0 atom stereocenters. The SMILES string of the molecule is Fc1cccc2oc3c(c12)CCNCC3. The van der Waals surface area contributed by atoms with E-state index < -0.39 is 0 Å². The zero-order chi connectivity index (χ0) is 10.3. The van der Waals surface area contributed by atoms with Crippen LogP contribution in [-0.4, -0.2) is 13.1 Å². The summed E-state index contributed by atoms with van der Waals surface area (Å²) in [7, 11) is 0. The number of fused-ring (bicyclic) bond motifs is 3. The first-order valence-electron chi connectivity index (χ1n) is 5.26. The van der Waals surface area contributed by atoms with E-state index in [0.717, 1.165) is 37.3 Å². The van der Waals surface area contributed by atoms with Crippen molar-refractivity contribution in [1.29, 1.82) is 0 Å². The van der Waals surface area contributed by atoms with Gasteiger partial charge in [-0.25, -0.2) is 4.39 Å². The molecule has 78 valence electrons. The zero-order valence-corrected chi connectivity index (χ0v) is 8.35. The van der Waals surface area contributed by atoms with E-state index in [9.17, 15) is 4.39 Å². The molecular formula is C12H12FNO. The van der Waals surface area contributed by atoms with Crippen LogP contribution in [0.15, 0.2) is 22.6 Å². The molecule has 0 bridgehead atoms. The highest BCUT2D eigenvalue weighted by Crippen LogP contribution is 2.29. The van der Waals surface area contributed by atoms with Crippen LogP contribution in [0.4, 0.5) is 4.39 Å². The first kappa shape index (κ1) is 8.92. The summed E-state index contributed by atoms with van der Waals surface area (Å²) in [6.45, 7) is 1.81. The van der Waals surface area contributed by atoms with Gasteiger partial charge in [0.25, 0.3) is 0 Å². The molecule has 0 saturated carbocycles. The van der Waals surface area contributed by atoms with Crippen molar-refractivity contribution in [3.63, 3.8) is 0 Å². The minimum Gasteiger partial charge on any atom is -0.461 e. The first-order valence-corrected chi connectivity index (χ1v) is 5.26. The Morgan fingerprint density at radius 1 is 1.20 bits per heavy atom. The lowest BCUT2D eigenvalue weighted by Crippen LogP contribution is -2.16. The van der Waals surface area contributed by atoms with Gasteiger partial charge in [-0.15, -0.1) is 0 Å². The fourth-order valence-electron chi connectivity index (χ4n) is 2.22. The van der Waals surface area contributed by atoms with Crippen molar-refractivity contribution in [3.05, 3.63) is 35.3 Å². The van der Waals surface area contributed by atoms with Crippen LogP contribution in [0.1, 0.15) is 11.3 Å². The van der Waals surface area contributed by atoms with Crippen LogP contribution in [0.2, 0.25) is 0 Å². The quantitative estimate of drug-likeness (QED) is 0.713. The lowest BCUT2D eigenvalue weighted by atomic mass is 10.1. The fourth-order valence-corrected chi connectivity index (χ4v) is 2.22. The van der Waals surface area contributed by atoms with E-state index in [0.29, 0.717) is 11.0 Å². The molecule has 0 unspecified atom stereocenters. The van der Waals surface area contributed by atoms with E-state index in [-0.39, 0.29) is 5.82 Å². The second-order valence-electron chi connectivity index (χ2n) is 3.87. The largest absolute Gasteiger partial charge is 0.461 e. The minimum atomic E-state index is -0.167. The van der Waals surface area contributed by atoms with Gasteiger partial charge in [-0.1, -0.05) is 6.07 Å². The maximum atomic E-state index is 13.7. The second-order valence-corrected chi connectivity index (χ2v) is 3.87. The summed E-state index contributed by atoms with van der Waals surface area (Å²) >= 11 is 0. The Balaban J connectivity index is 2.29. The number of rotatable bonds is 0. The number of furan rings is 1. The van der Waals surface area contributed by atoms with Crippen LogP contribution in [0.3, 0.4) is 0 Å². The molecule has 0 radical (unpaired) electrons. The standard InChI is InChI=1S/C12H12FNO/c13-9-2-1-3-11-12(9)8-4-6-14-7-5-10(8)15-11/h1-3,14H,4-7H2. The molecule has 3 rings (SSSR count). The summed E-state index contributed by atoms with van der Waals surface area (Å²) < 4.78 is 19.3. The molecule has 1 N–H and O–H groups in total. The van der Waals surface area contributed by atoms with Crippen LogP contribution >= 0.6 is 0 Å². The minimum absolute atomic E-state index is 0.167. The fraction of sp³-hybridized carbons (Fsp3) is 0.333. The van der Waals surface area contributed by atoms with E-state index in [1.165, 1.54) is 6.07 Å². The highest BCUT2D eigenvalue weighted by atomic mass is 19.1. The lowest BCUT2D eigenvalue weighted by molar-refractivity contribution is 0.541. The van der Waals surface area contributed by atoms with Crippen molar-refractivity contribution >= 4 is 11.0 Å². The molecule has 1 aromatic carbocycles. The number of halogens is 1. The average Bonchev–Trinajstić information content (AvgIpc) is 2.43. The Hall–Kier alpha value is -1.35. The molecule has 0 saturated heterocycles. The monoisotopic (exact) mass is 205 g/mol. The summed E-state index contributed by atoms with van der Waals surface area (Å²) in [4.78, 5) is 0. The van der Waals surface area contributed by atoms with Gasteiger partial charge >= 0.3 is 0 Å². The molecule has 0 fully saturated rings. The van der Waals surface area contributed by atoms with E-state index in [2.05, 4.69) is 5.32 Å². The van der Waals surface area contributed by atoms with E-state index in [1.807, 2.05) is 6.07 Å². The molecule has 2 heterocycles. The number of nitrogens with one attached hydrogen (secondary N) is 1. The molecule has 1 aliphatic heterocycles. The molecule has 0 spiro atoms. The van der Waals surface area contributed by atoms with Gasteiger partial charge in [-0.05, 0) is 25.1 Å². The van der Waals surface area contributed by atoms with E-state index >= 15 is 0 Å². The van der Waals surface area contributed by atoms with Crippen LogP contribution in [0.5, 0.6) is 0 Å². The average molecular weight is 205 g/mol.